The van der Waals surface area contributed by atoms with E-state index in [0.717, 1.165) is 27.9 Å². The fourth-order valence-corrected chi connectivity index (χ4v) is 2.88. The maximum absolute atomic E-state index is 10.2. The molecule has 4 aromatic rings. The lowest BCUT2D eigenvalue weighted by atomic mass is 10.1. The van der Waals surface area contributed by atoms with Crippen molar-refractivity contribution in [3.8, 4) is 39.9 Å². The molecule has 0 aliphatic heterocycles. The van der Waals surface area contributed by atoms with Crippen LogP contribution >= 0.6 is 0 Å². The molecule has 0 unspecified atom stereocenters. The highest BCUT2D eigenvalue weighted by Crippen LogP contribution is 2.34. The van der Waals surface area contributed by atoms with Gasteiger partial charge in [0.1, 0.15) is 17.2 Å². The number of aromatic hydroxyl groups is 2. The molecule has 3 aromatic carbocycles. The molecule has 0 atom stereocenters. The normalized spacial score (nSPS) is 10.8. The second-order valence-corrected chi connectivity index (χ2v) is 5.84. The molecule has 5 heteroatoms. The quantitative estimate of drug-likeness (QED) is 0.577. The van der Waals surface area contributed by atoms with Crippen molar-refractivity contribution in [1.29, 1.82) is 0 Å². The topological polar surface area (TPSA) is 75.5 Å². The summed E-state index contributed by atoms with van der Waals surface area (Å²) in [7, 11) is 1.63. The Bertz CT molecular complexity index is 1090. The summed E-state index contributed by atoms with van der Waals surface area (Å²) in [6.45, 7) is 0. The van der Waals surface area contributed by atoms with Crippen LogP contribution in [0.5, 0.6) is 17.2 Å². The lowest BCUT2D eigenvalue weighted by Gasteiger charge is -2.11. The summed E-state index contributed by atoms with van der Waals surface area (Å²) in [5.41, 5.74) is 2.92. The van der Waals surface area contributed by atoms with Gasteiger partial charge in [0.15, 0.2) is 5.82 Å². The van der Waals surface area contributed by atoms with E-state index in [1.54, 1.807) is 13.2 Å². The minimum atomic E-state index is -0.0686. The molecule has 1 aromatic heterocycles. The van der Waals surface area contributed by atoms with Crippen molar-refractivity contribution >= 4 is 10.9 Å². The first kappa shape index (κ1) is 15.9. The van der Waals surface area contributed by atoms with Gasteiger partial charge in [-0.05, 0) is 42.5 Å². The first-order valence-electron chi connectivity index (χ1n) is 8.09. The summed E-state index contributed by atoms with van der Waals surface area (Å²) < 4.78 is 5.22. The van der Waals surface area contributed by atoms with Crippen LogP contribution in [0.4, 0.5) is 0 Å². The van der Waals surface area contributed by atoms with E-state index in [2.05, 4.69) is 4.98 Å². The van der Waals surface area contributed by atoms with Crippen molar-refractivity contribution in [2.45, 2.75) is 0 Å². The van der Waals surface area contributed by atoms with Gasteiger partial charge >= 0.3 is 0 Å². The lowest BCUT2D eigenvalue weighted by Crippen LogP contribution is -1.95. The summed E-state index contributed by atoms with van der Waals surface area (Å²) >= 11 is 0. The molecule has 2 N–H and O–H groups in total. The number of benzene rings is 3. The zero-order valence-corrected chi connectivity index (χ0v) is 14.0. The van der Waals surface area contributed by atoms with E-state index in [1.807, 2.05) is 48.5 Å². The molecule has 0 saturated heterocycles. The van der Waals surface area contributed by atoms with Crippen molar-refractivity contribution < 1.29 is 14.9 Å². The molecule has 0 spiro atoms. The Labute approximate surface area is 150 Å². The maximum atomic E-state index is 10.2. The highest BCUT2D eigenvalue weighted by molar-refractivity contribution is 5.93. The third-order valence-corrected chi connectivity index (χ3v) is 4.19. The van der Waals surface area contributed by atoms with Gasteiger partial charge in [0.2, 0.25) is 0 Å². The molecule has 0 bridgehead atoms. The number of phenols is 2. The molecule has 4 rings (SSSR count). The average Bonchev–Trinajstić information content (AvgIpc) is 2.67. The molecule has 0 amide bonds. The summed E-state index contributed by atoms with van der Waals surface area (Å²) in [6.07, 6.45) is 0. The summed E-state index contributed by atoms with van der Waals surface area (Å²) in [5.74, 6) is 1.08. The zero-order valence-electron chi connectivity index (χ0n) is 14.0. The second kappa shape index (κ2) is 6.37. The summed E-state index contributed by atoms with van der Waals surface area (Å²) in [4.78, 5) is 9.27. The van der Waals surface area contributed by atoms with E-state index < -0.39 is 0 Å². The van der Waals surface area contributed by atoms with Gasteiger partial charge in [-0.25, -0.2) is 9.97 Å². The Balaban J connectivity index is 1.96. The van der Waals surface area contributed by atoms with Gasteiger partial charge in [0, 0.05) is 17.0 Å². The van der Waals surface area contributed by atoms with Gasteiger partial charge in [-0.15, -0.1) is 0 Å². The molecule has 0 fully saturated rings. The van der Waals surface area contributed by atoms with E-state index in [9.17, 15) is 10.2 Å². The number of methoxy groups -OCH3 is 1. The van der Waals surface area contributed by atoms with Crippen LogP contribution in [0.25, 0.3) is 33.5 Å². The molecule has 5 nitrogen and oxygen atoms in total. The summed E-state index contributed by atoms with van der Waals surface area (Å²) in [5, 5.41) is 20.6. The molecular weight excluding hydrogens is 328 g/mol. The first-order chi connectivity index (χ1) is 12.7. The molecule has 0 saturated carbocycles. The highest BCUT2D eigenvalue weighted by atomic mass is 16.5. The van der Waals surface area contributed by atoms with E-state index in [0.29, 0.717) is 11.4 Å². The van der Waals surface area contributed by atoms with E-state index in [-0.39, 0.29) is 11.5 Å². The van der Waals surface area contributed by atoms with Crippen molar-refractivity contribution in [2.24, 2.45) is 0 Å². The third-order valence-electron chi connectivity index (χ3n) is 4.19. The fraction of sp³-hybridized carbons (Fsp3) is 0.0476. The molecule has 0 aliphatic carbocycles. The van der Waals surface area contributed by atoms with Crippen molar-refractivity contribution in [2.75, 3.05) is 7.11 Å². The summed E-state index contributed by atoms with van der Waals surface area (Å²) in [6, 6.07) is 19.7. The molecule has 0 radical (unpaired) electrons. The number of hydrogen-bond acceptors (Lipinski definition) is 5. The van der Waals surface area contributed by atoms with Gasteiger partial charge in [0.05, 0.1) is 23.9 Å². The Hall–Kier alpha value is -3.60. The van der Waals surface area contributed by atoms with Crippen molar-refractivity contribution in [3.63, 3.8) is 0 Å². The van der Waals surface area contributed by atoms with Crippen LogP contribution in [0.2, 0.25) is 0 Å². The Morgan fingerprint density at radius 3 is 2.35 bits per heavy atom. The largest absolute Gasteiger partial charge is 0.508 e. The van der Waals surface area contributed by atoms with E-state index >= 15 is 0 Å². The molecule has 0 aliphatic rings. The fourth-order valence-electron chi connectivity index (χ4n) is 2.88. The first-order valence-corrected chi connectivity index (χ1v) is 8.09. The van der Waals surface area contributed by atoms with Crippen LogP contribution in [0.3, 0.4) is 0 Å². The standard InChI is InChI=1S/C21H16N2O3/c1-26-15-9-6-13(7-10-15)20-16-4-2-3-5-18(16)22-21(23-20)17-11-8-14(24)12-19(17)25/h2-12,24-25H,1H3. The van der Waals surface area contributed by atoms with Crippen LogP contribution in [0.1, 0.15) is 0 Å². The van der Waals surface area contributed by atoms with Gasteiger partial charge in [-0.2, -0.15) is 0 Å². The molecule has 128 valence electrons. The molecular formula is C21H16N2O3. The monoisotopic (exact) mass is 344 g/mol. The number of fused-ring (bicyclic) bond motifs is 1. The maximum Gasteiger partial charge on any atom is 0.164 e. The Morgan fingerprint density at radius 1 is 0.846 bits per heavy atom. The van der Waals surface area contributed by atoms with Gasteiger partial charge < -0.3 is 14.9 Å². The van der Waals surface area contributed by atoms with Crippen molar-refractivity contribution in [1.82, 2.24) is 9.97 Å². The number of hydrogen-bond donors (Lipinski definition) is 2. The number of para-hydroxylation sites is 1. The van der Waals surface area contributed by atoms with Crippen LogP contribution in [0.15, 0.2) is 66.7 Å². The number of ether oxygens (including phenoxy) is 1. The van der Waals surface area contributed by atoms with E-state index in [4.69, 9.17) is 9.72 Å². The van der Waals surface area contributed by atoms with Crippen LogP contribution in [-0.2, 0) is 0 Å². The Kier molecular flexibility index (Phi) is 3.89. The van der Waals surface area contributed by atoms with Gasteiger partial charge in [0.25, 0.3) is 0 Å². The molecule has 1 heterocycles. The SMILES string of the molecule is COc1ccc(-c2nc(-c3ccc(O)cc3O)nc3ccccc23)cc1. The number of nitrogens with zero attached hydrogens (tertiary/aromatic N) is 2. The van der Waals surface area contributed by atoms with Crippen LogP contribution < -0.4 is 4.74 Å². The van der Waals surface area contributed by atoms with Gasteiger partial charge in [-0.1, -0.05) is 18.2 Å². The third kappa shape index (κ3) is 2.80. The lowest BCUT2D eigenvalue weighted by molar-refractivity contribution is 0.415. The number of aromatic nitrogens is 2. The zero-order chi connectivity index (χ0) is 18.1. The van der Waals surface area contributed by atoms with Crippen LogP contribution in [-0.4, -0.2) is 27.3 Å². The molecule has 26 heavy (non-hydrogen) atoms. The van der Waals surface area contributed by atoms with Crippen LogP contribution in [0, 0.1) is 0 Å². The predicted molar refractivity (Wildman–Crippen MR) is 100 cm³/mol. The van der Waals surface area contributed by atoms with E-state index in [1.165, 1.54) is 12.1 Å². The minimum absolute atomic E-state index is 0.0117. The highest BCUT2D eigenvalue weighted by Gasteiger charge is 2.14. The smallest absolute Gasteiger partial charge is 0.164 e. The van der Waals surface area contributed by atoms with Crippen molar-refractivity contribution in [3.05, 3.63) is 66.7 Å². The number of rotatable bonds is 3. The predicted octanol–water partition coefficient (Wildman–Crippen LogP) is 4.38. The minimum Gasteiger partial charge on any atom is -0.508 e. The van der Waals surface area contributed by atoms with Gasteiger partial charge in [-0.3, -0.25) is 0 Å². The second-order valence-electron chi connectivity index (χ2n) is 5.84. The number of phenolic OH excluding ortho intramolecular Hbond substituents is 2. The Morgan fingerprint density at radius 2 is 1.62 bits per heavy atom. The average molecular weight is 344 g/mol.